The van der Waals surface area contributed by atoms with Gasteiger partial charge in [-0.2, -0.15) is 0 Å². The molecule has 0 spiro atoms. The first-order chi connectivity index (χ1) is 22.8. The summed E-state index contributed by atoms with van der Waals surface area (Å²) in [6.45, 7) is 10.4. The van der Waals surface area contributed by atoms with Crippen molar-refractivity contribution in [2.75, 3.05) is 27.2 Å². The Morgan fingerprint density at radius 1 is 1.06 bits per heavy atom. The number of nitrogens with zero attached hydrogens (tertiary/aromatic N) is 2. The average molecular weight is 665 g/mol. The van der Waals surface area contributed by atoms with Gasteiger partial charge in [-0.3, -0.25) is 0 Å². The second-order valence-electron chi connectivity index (χ2n) is 10.3. The van der Waals surface area contributed by atoms with Crippen LogP contribution in [0.3, 0.4) is 0 Å². The number of halogens is 2. The van der Waals surface area contributed by atoms with Crippen LogP contribution in [-0.2, 0) is 20.7 Å². The van der Waals surface area contributed by atoms with Crippen LogP contribution in [0.25, 0.3) is 5.57 Å². The van der Waals surface area contributed by atoms with E-state index in [1.54, 1.807) is 49.3 Å². The van der Waals surface area contributed by atoms with Crippen molar-refractivity contribution in [3.05, 3.63) is 144 Å². The minimum absolute atomic E-state index is 0.103. The van der Waals surface area contributed by atoms with Gasteiger partial charge >= 0.3 is 14.6 Å². The van der Waals surface area contributed by atoms with Crippen molar-refractivity contribution < 1.29 is 32.2 Å². The molecule has 0 aliphatic carbocycles. The number of allylic oxidation sites excluding steroid dienone is 4. The van der Waals surface area contributed by atoms with E-state index in [9.17, 15) is 13.6 Å². The van der Waals surface area contributed by atoms with E-state index in [1.165, 1.54) is 4.90 Å². The summed E-state index contributed by atoms with van der Waals surface area (Å²) in [5.41, 5.74) is 3.23. The SMILES string of the molecule is C=C/C(=C\C=C/C)CCOP(OOCc1ccccc1)Oc1cccc([C@@H]2C=C(c3cc(F)ccc3F)CN2C(=O)N(C)C)c1.CC. The number of rotatable bonds is 14. The maximum Gasteiger partial charge on any atom is 0.427 e. The Labute approximate surface area is 278 Å². The number of amides is 2. The lowest BCUT2D eigenvalue weighted by molar-refractivity contribution is -0.224. The number of benzene rings is 3. The van der Waals surface area contributed by atoms with Crippen LogP contribution >= 0.6 is 8.60 Å². The molecule has 10 heteroatoms. The van der Waals surface area contributed by atoms with Crippen molar-refractivity contribution in [3.8, 4) is 5.75 Å². The standard InChI is InChI=1S/C35H37F2N2O5P.C2H6/c1-5-7-12-26(6-2)19-20-42-45(44-41-25-27-13-9-8-10-14-27)43-31-16-11-15-28(21-31)34-22-29(24-39(34)35(40)38(3)4)32-23-30(36)17-18-33(32)37;1-2/h5-18,21-23,34H,2,19-20,24-25H2,1,3-4H3;1-2H3/b7-5-,26-12+;/t34-,45?;/m0./s1. The number of hydrogen-bond donors (Lipinski definition) is 0. The van der Waals surface area contributed by atoms with Crippen molar-refractivity contribution >= 4 is 20.2 Å². The van der Waals surface area contributed by atoms with E-state index < -0.39 is 26.3 Å². The molecule has 0 bridgehead atoms. The van der Waals surface area contributed by atoms with Crippen LogP contribution in [0.15, 0.2) is 115 Å². The van der Waals surface area contributed by atoms with Gasteiger partial charge in [0.25, 0.3) is 0 Å². The zero-order chi connectivity index (χ0) is 34.2. The third-order valence-corrected chi connectivity index (χ3v) is 7.83. The fourth-order valence-corrected chi connectivity index (χ4v) is 5.37. The first-order valence-corrected chi connectivity index (χ1v) is 16.5. The van der Waals surface area contributed by atoms with E-state index in [2.05, 4.69) is 6.58 Å². The summed E-state index contributed by atoms with van der Waals surface area (Å²) in [6, 6.07) is 19.2. The van der Waals surface area contributed by atoms with E-state index in [0.29, 0.717) is 23.3 Å². The van der Waals surface area contributed by atoms with E-state index in [1.807, 2.05) is 75.4 Å². The third kappa shape index (κ3) is 11.3. The Kier molecular flexibility index (Phi) is 15.5. The molecule has 3 aromatic carbocycles. The van der Waals surface area contributed by atoms with Gasteiger partial charge in [-0.05, 0) is 65.9 Å². The van der Waals surface area contributed by atoms with Gasteiger partial charge in [-0.15, -0.1) is 4.67 Å². The number of urea groups is 1. The average Bonchev–Trinajstić information content (AvgIpc) is 3.53. The molecule has 0 aromatic heterocycles. The fourth-order valence-electron chi connectivity index (χ4n) is 4.58. The maximum absolute atomic E-state index is 14.7. The van der Waals surface area contributed by atoms with Crippen molar-refractivity contribution in [1.82, 2.24) is 9.80 Å². The molecule has 3 aromatic rings. The predicted molar refractivity (Wildman–Crippen MR) is 184 cm³/mol. The van der Waals surface area contributed by atoms with E-state index >= 15 is 0 Å². The van der Waals surface area contributed by atoms with Crippen LogP contribution in [-0.4, -0.2) is 43.1 Å². The van der Waals surface area contributed by atoms with Crippen molar-refractivity contribution in [2.24, 2.45) is 0 Å². The normalized spacial score (nSPS) is 15.1. The summed E-state index contributed by atoms with van der Waals surface area (Å²) in [4.78, 5) is 21.7. The predicted octanol–water partition coefficient (Wildman–Crippen LogP) is 9.96. The highest BCUT2D eigenvalue weighted by molar-refractivity contribution is 7.42. The summed E-state index contributed by atoms with van der Waals surface area (Å²) in [5, 5.41) is 0. The summed E-state index contributed by atoms with van der Waals surface area (Å²) in [7, 11) is 1.29. The number of hydrogen-bond acceptors (Lipinski definition) is 5. The lowest BCUT2D eigenvalue weighted by atomic mass is 10.0. The van der Waals surface area contributed by atoms with Gasteiger partial charge in [0.1, 0.15) is 24.0 Å². The molecule has 250 valence electrons. The highest BCUT2D eigenvalue weighted by Crippen LogP contribution is 2.43. The molecule has 0 fully saturated rings. The van der Waals surface area contributed by atoms with Gasteiger partial charge in [0, 0.05) is 26.2 Å². The first-order valence-electron chi connectivity index (χ1n) is 15.4. The van der Waals surface area contributed by atoms with Gasteiger partial charge in [-0.1, -0.05) is 93.3 Å². The Balaban J connectivity index is 0.00000294. The van der Waals surface area contributed by atoms with Crippen LogP contribution in [0.2, 0.25) is 0 Å². The minimum atomic E-state index is -1.99. The van der Waals surface area contributed by atoms with Gasteiger partial charge in [0.15, 0.2) is 0 Å². The van der Waals surface area contributed by atoms with E-state index in [-0.39, 0.29) is 31.4 Å². The third-order valence-electron chi connectivity index (χ3n) is 6.85. The van der Waals surface area contributed by atoms with Crippen LogP contribution in [0.1, 0.15) is 49.9 Å². The van der Waals surface area contributed by atoms with Gasteiger partial charge < -0.3 is 18.8 Å². The van der Waals surface area contributed by atoms with E-state index in [4.69, 9.17) is 18.6 Å². The highest BCUT2D eigenvalue weighted by Gasteiger charge is 2.33. The molecule has 7 nitrogen and oxygen atoms in total. The number of carbonyl (C=O) groups excluding carboxylic acids is 1. The highest BCUT2D eigenvalue weighted by atomic mass is 31.2. The molecule has 2 atom stereocenters. The fraction of sp³-hybridized carbons (Fsp3) is 0.270. The summed E-state index contributed by atoms with van der Waals surface area (Å²) >= 11 is 0. The molecular weight excluding hydrogens is 621 g/mol. The topological polar surface area (TPSA) is 60.5 Å². The largest absolute Gasteiger partial charge is 0.427 e. The minimum Gasteiger partial charge on any atom is -0.425 e. The van der Waals surface area contributed by atoms with Crippen LogP contribution in [0, 0.1) is 11.6 Å². The van der Waals surface area contributed by atoms with Crippen molar-refractivity contribution in [3.63, 3.8) is 0 Å². The molecule has 1 aliphatic rings. The summed E-state index contributed by atoms with van der Waals surface area (Å²) < 4.78 is 46.4. The molecule has 0 radical (unpaired) electrons. The molecule has 0 saturated carbocycles. The van der Waals surface area contributed by atoms with Gasteiger partial charge in [0.2, 0.25) is 0 Å². The van der Waals surface area contributed by atoms with Gasteiger partial charge in [0.05, 0.1) is 12.6 Å². The second-order valence-corrected chi connectivity index (χ2v) is 11.4. The summed E-state index contributed by atoms with van der Waals surface area (Å²) in [6.07, 6.45) is 9.92. The van der Waals surface area contributed by atoms with Crippen LogP contribution in [0.5, 0.6) is 5.75 Å². The molecule has 0 N–H and O–H groups in total. The second kappa shape index (κ2) is 19.5. The Bertz CT molecular complexity index is 1540. The lowest BCUT2D eigenvalue weighted by Crippen LogP contribution is -2.39. The zero-order valence-corrected chi connectivity index (χ0v) is 28.5. The van der Waals surface area contributed by atoms with Crippen molar-refractivity contribution in [2.45, 2.75) is 39.8 Å². The van der Waals surface area contributed by atoms with Crippen LogP contribution in [0.4, 0.5) is 13.6 Å². The van der Waals surface area contributed by atoms with Crippen molar-refractivity contribution in [1.29, 1.82) is 0 Å². The molecule has 2 amide bonds. The monoisotopic (exact) mass is 664 g/mol. The molecule has 1 aliphatic heterocycles. The Morgan fingerprint density at radius 3 is 2.53 bits per heavy atom. The zero-order valence-electron chi connectivity index (χ0n) is 27.6. The van der Waals surface area contributed by atoms with E-state index in [0.717, 1.165) is 29.3 Å². The first kappa shape index (κ1) is 37.3. The van der Waals surface area contributed by atoms with Gasteiger partial charge in [-0.25, -0.2) is 18.5 Å². The number of carbonyl (C=O) groups is 1. The molecule has 1 heterocycles. The molecule has 0 saturated heterocycles. The molecule has 47 heavy (non-hydrogen) atoms. The Morgan fingerprint density at radius 2 is 1.83 bits per heavy atom. The molecular formula is C37H43F2N2O5P. The Hall–Kier alpha value is -4.14. The quantitative estimate of drug-likeness (QED) is 0.0743. The lowest BCUT2D eigenvalue weighted by Gasteiger charge is -2.28. The summed E-state index contributed by atoms with van der Waals surface area (Å²) in [5.74, 6) is -0.698. The smallest absolute Gasteiger partial charge is 0.425 e. The molecule has 1 unspecified atom stereocenters. The maximum atomic E-state index is 14.7. The molecule has 4 rings (SSSR count). The van der Waals surface area contributed by atoms with Crippen LogP contribution < -0.4 is 4.52 Å².